The highest BCUT2D eigenvalue weighted by Crippen LogP contribution is 2.24. The van der Waals surface area contributed by atoms with Crippen molar-refractivity contribution in [1.29, 1.82) is 0 Å². The summed E-state index contributed by atoms with van der Waals surface area (Å²) in [4.78, 5) is 2.95. The van der Waals surface area contributed by atoms with Crippen LogP contribution in [0.1, 0.15) is 0 Å². The highest BCUT2D eigenvalue weighted by molar-refractivity contribution is 5.61. The summed E-state index contributed by atoms with van der Waals surface area (Å²) in [7, 11) is 1.58. The Bertz CT molecular complexity index is 436. The molecule has 0 saturated heterocycles. The smallest absolute Gasteiger partial charge is 0.136 e. The van der Waals surface area contributed by atoms with Gasteiger partial charge in [-0.05, 0) is 12.1 Å². The van der Waals surface area contributed by atoms with Gasteiger partial charge in [0, 0.05) is 17.8 Å². The van der Waals surface area contributed by atoms with Crippen molar-refractivity contribution in [2.24, 2.45) is 0 Å². The summed E-state index contributed by atoms with van der Waals surface area (Å²) in [6.45, 7) is 0. The largest absolute Gasteiger partial charge is 0.495 e. The number of benzene rings is 1. The van der Waals surface area contributed by atoms with Crippen molar-refractivity contribution in [2.45, 2.75) is 0 Å². The highest BCUT2D eigenvalue weighted by atomic mass is 19.1. The number of hydrogen-bond acceptors (Lipinski definition) is 1. The van der Waals surface area contributed by atoms with E-state index in [0.29, 0.717) is 11.3 Å². The number of rotatable bonds is 2. The van der Waals surface area contributed by atoms with Crippen molar-refractivity contribution in [3.05, 3.63) is 42.3 Å². The Hall–Kier alpha value is -1.77. The van der Waals surface area contributed by atoms with Crippen LogP contribution in [0.25, 0.3) is 11.3 Å². The van der Waals surface area contributed by atoms with Crippen molar-refractivity contribution in [2.75, 3.05) is 7.11 Å². The van der Waals surface area contributed by atoms with Crippen molar-refractivity contribution in [3.63, 3.8) is 0 Å². The van der Waals surface area contributed by atoms with Crippen LogP contribution in [0.3, 0.4) is 0 Å². The molecule has 0 radical (unpaired) electrons. The Morgan fingerprint density at radius 3 is 2.71 bits per heavy atom. The summed E-state index contributed by atoms with van der Waals surface area (Å²) in [6.07, 6.45) is 1.70. The second-order valence-electron chi connectivity index (χ2n) is 2.93. The van der Waals surface area contributed by atoms with E-state index in [-0.39, 0.29) is 5.82 Å². The van der Waals surface area contributed by atoms with Crippen LogP contribution in [0.4, 0.5) is 4.39 Å². The van der Waals surface area contributed by atoms with Crippen LogP contribution in [-0.4, -0.2) is 12.1 Å². The van der Waals surface area contributed by atoms with E-state index in [9.17, 15) is 4.39 Å². The van der Waals surface area contributed by atoms with Gasteiger partial charge in [0.05, 0.1) is 12.8 Å². The molecule has 0 atom stereocenters. The average molecular weight is 191 g/mol. The second-order valence-corrected chi connectivity index (χ2v) is 2.93. The van der Waals surface area contributed by atoms with Crippen molar-refractivity contribution >= 4 is 0 Å². The van der Waals surface area contributed by atoms with Crippen LogP contribution >= 0.6 is 0 Å². The fraction of sp³-hybridized carbons (Fsp3) is 0.0909. The highest BCUT2D eigenvalue weighted by Gasteiger charge is 2.05. The molecule has 0 aliphatic carbocycles. The third kappa shape index (κ3) is 1.48. The van der Waals surface area contributed by atoms with Gasteiger partial charge in [-0.1, -0.05) is 12.1 Å². The van der Waals surface area contributed by atoms with E-state index in [1.54, 1.807) is 37.6 Å². The summed E-state index contributed by atoms with van der Waals surface area (Å²) < 4.78 is 18.3. The minimum Gasteiger partial charge on any atom is -0.495 e. The van der Waals surface area contributed by atoms with Gasteiger partial charge in [0.25, 0.3) is 0 Å². The first-order valence-electron chi connectivity index (χ1n) is 4.28. The molecule has 0 fully saturated rings. The average Bonchev–Trinajstić information content (AvgIpc) is 2.67. The van der Waals surface area contributed by atoms with E-state index in [1.807, 2.05) is 0 Å². The number of methoxy groups -OCH3 is 1. The molecule has 2 nitrogen and oxygen atoms in total. The number of halogens is 1. The minimum atomic E-state index is -0.239. The van der Waals surface area contributed by atoms with E-state index in [0.717, 1.165) is 5.69 Å². The Balaban J connectivity index is 2.44. The van der Waals surface area contributed by atoms with Crippen molar-refractivity contribution in [1.82, 2.24) is 4.98 Å². The molecule has 1 heterocycles. The number of ether oxygens (including phenoxy) is 1. The minimum absolute atomic E-state index is 0.239. The van der Waals surface area contributed by atoms with Gasteiger partial charge in [0.15, 0.2) is 0 Å². The summed E-state index contributed by atoms with van der Waals surface area (Å²) in [5.41, 5.74) is 1.27. The van der Waals surface area contributed by atoms with Crippen LogP contribution in [-0.2, 0) is 0 Å². The van der Waals surface area contributed by atoms with Crippen molar-refractivity contribution < 1.29 is 9.13 Å². The third-order valence-electron chi connectivity index (χ3n) is 2.06. The fourth-order valence-electron chi connectivity index (χ4n) is 1.33. The lowest BCUT2D eigenvalue weighted by Crippen LogP contribution is -1.82. The van der Waals surface area contributed by atoms with Crippen LogP contribution < -0.4 is 4.74 Å². The molecule has 0 aliphatic heterocycles. The van der Waals surface area contributed by atoms with E-state index in [1.165, 1.54) is 6.07 Å². The zero-order chi connectivity index (χ0) is 9.97. The summed E-state index contributed by atoms with van der Waals surface area (Å²) in [6, 6.07) is 8.38. The molecular formula is C11H10FNO. The molecule has 0 saturated carbocycles. The lowest BCUT2D eigenvalue weighted by atomic mass is 10.1. The molecule has 0 unspecified atom stereocenters. The second kappa shape index (κ2) is 3.54. The summed E-state index contributed by atoms with van der Waals surface area (Å²) in [5.74, 6) is 0.459. The predicted molar refractivity (Wildman–Crippen MR) is 52.7 cm³/mol. The van der Waals surface area contributed by atoms with Gasteiger partial charge >= 0.3 is 0 Å². The van der Waals surface area contributed by atoms with E-state index < -0.39 is 0 Å². The molecule has 0 aliphatic rings. The molecule has 2 aromatic rings. The molecule has 0 bridgehead atoms. The number of H-pyrrole nitrogens is 1. The zero-order valence-electron chi connectivity index (χ0n) is 7.75. The van der Waals surface area contributed by atoms with Gasteiger partial charge in [0.2, 0.25) is 0 Å². The molecular weight excluding hydrogens is 181 g/mol. The first-order chi connectivity index (χ1) is 6.81. The molecule has 3 heteroatoms. The van der Waals surface area contributed by atoms with Gasteiger partial charge in [0.1, 0.15) is 11.6 Å². The monoisotopic (exact) mass is 191 g/mol. The Morgan fingerprint density at radius 1 is 1.29 bits per heavy atom. The van der Waals surface area contributed by atoms with E-state index in [2.05, 4.69) is 4.98 Å². The first kappa shape index (κ1) is 8.81. The summed E-state index contributed by atoms with van der Waals surface area (Å²) in [5, 5.41) is 0. The van der Waals surface area contributed by atoms with E-state index >= 15 is 0 Å². The molecule has 1 aromatic heterocycles. The lowest BCUT2D eigenvalue weighted by molar-refractivity contribution is 0.415. The van der Waals surface area contributed by atoms with Crippen LogP contribution in [0.15, 0.2) is 36.5 Å². The quantitative estimate of drug-likeness (QED) is 0.775. The zero-order valence-corrected chi connectivity index (χ0v) is 7.75. The van der Waals surface area contributed by atoms with Gasteiger partial charge in [-0.2, -0.15) is 0 Å². The molecule has 2 rings (SSSR count). The predicted octanol–water partition coefficient (Wildman–Crippen LogP) is 2.83. The van der Waals surface area contributed by atoms with Gasteiger partial charge in [-0.25, -0.2) is 4.39 Å². The standard InChI is InChI=1S/C11H10FNO/c1-14-8-6-11(13-7-8)9-4-2-3-5-10(9)12/h2-7,13H,1H3. The molecule has 0 spiro atoms. The van der Waals surface area contributed by atoms with Crippen LogP contribution in [0, 0.1) is 5.82 Å². The van der Waals surface area contributed by atoms with Crippen LogP contribution in [0.2, 0.25) is 0 Å². The Morgan fingerprint density at radius 2 is 2.07 bits per heavy atom. The van der Waals surface area contributed by atoms with Crippen LogP contribution in [0.5, 0.6) is 5.75 Å². The summed E-state index contributed by atoms with van der Waals surface area (Å²) >= 11 is 0. The van der Waals surface area contributed by atoms with E-state index in [4.69, 9.17) is 4.74 Å². The number of nitrogens with one attached hydrogen (secondary N) is 1. The Labute approximate surface area is 81.3 Å². The first-order valence-corrected chi connectivity index (χ1v) is 4.28. The third-order valence-corrected chi connectivity index (χ3v) is 2.06. The van der Waals surface area contributed by atoms with Gasteiger partial charge in [-0.3, -0.25) is 0 Å². The topological polar surface area (TPSA) is 25.0 Å². The fourth-order valence-corrected chi connectivity index (χ4v) is 1.33. The molecule has 72 valence electrons. The maximum Gasteiger partial charge on any atom is 0.136 e. The molecule has 0 amide bonds. The number of aromatic amines is 1. The van der Waals surface area contributed by atoms with Crippen molar-refractivity contribution in [3.8, 4) is 17.0 Å². The maximum atomic E-state index is 13.3. The molecule has 1 aromatic carbocycles. The Kier molecular flexibility index (Phi) is 2.23. The molecule has 1 N–H and O–H groups in total. The lowest BCUT2D eigenvalue weighted by Gasteiger charge is -1.98. The van der Waals surface area contributed by atoms with Gasteiger partial charge < -0.3 is 9.72 Å². The number of aromatic nitrogens is 1. The SMILES string of the molecule is COc1c[nH]c(-c2ccccc2F)c1. The van der Waals surface area contributed by atoms with Gasteiger partial charge in [-0.15, -0.1) is 0 Å². The number of hydrogen-bond donors (Lipinski definition) is 1. The maximum absolute atomic E-state index is 13.3. The molecule has 14 heavy (non-hydrogen) atoms. The normalized spacial score (nSPS) is 10.1.